The van der Waals surface area contributed by atoms with Crippen molar-refractivity contribution in [3.05, 3.63) is 102 Å². The van der Waals surface area contributed by atoms with E-state index in [1.54, 1.807) is 13.3 Å². The molecule has 2 heterocycles. The van der Waals surface area contributed by atoms with E-state index >= 15 is 0 Å². The van der Waals surface area contributed by atoms with Crippen molar-refractivity contribution in [1.29, 1.82) is 0 Å². The van der Waals surface area contributed by atoms with Crippen LogP contribution in [0, 0.1) is 0 Å². The summed E-state index contributed by atoms with van der Waals surface area (Å²) in [6.45, 7) is 0.436. The van der Waals surface area contributed by atoms with Crippen LogP contribution in [0.2, 0.25) is 0 Å². The van der Waals surface area contributed by atoms with Crippen LogP contribution >= 0.6 is 0 Å². The summed E-state index contributed by atoms with van der Waals surface area (Å²) < 4.78 is 13.5. The van der Waals surface area contributed by atoms with Crippen molar-refractivity contribution in [3.63, 3.8) is 0 Å². The van der Waals surface area contributed by atoms with Gasteiger partial charge in [0.25, 0.3) is 0 Å². The number of nitrogens with zero attached hydrogens (tertiary/aromatic N) is 2. The fourth-order valence-electron chi connectivity index (χ4n) is 3.75. The highest BCUT2D eigenvalue weighted by molar-refractivity contribution is 5.82. The lowest BCUT2D eigenvalue weighted by molar-refractivity contribution is 0.299. The second kappa shape index (κ2) is 11.2. The van der Waals surface area contributed by atoms with Gasteiger partial charge < -0.3 is 14.0 Å². The van der Waals surface area contributed by atoms with Gasteiger partial charge >= 0.3 is 0 Å². The first kappa shape index (κ1) is 22.4. The van der Waals surface area contributed by atoms with Gasteiger partial charge in [0, 0.05) is 42.0 Å². The molecule has 4 aromatic rings. The zero-order valence-electron chi connectivity index (χ0n) is 19.3. The highest BCUT2D eigenvalue weighted by atomic mass is 16.5. The molecule has 2 aromatic carbocycles. The van der Waals surface area contributed by atoms with E-state index in [9.17, 15) is 0 Å². The Morgan fingerprint density at radius 1 is 0.939 bits per heavy atom. The van der Waals surface area contributed by atoms with Gasteiger partial charge in [-0.3, -0.25) is 4.98 Å². The number of rotatable bonds is 10. The van der Waals surface area contributed by atoms with Gasteiger partial charge in [-0.15, -0.1) is 0 Å². The molecule has 4 heteroatoms. The summed E-state index contributed by atoms with van der Waals surface area (Å²) in [4.78, 5) is 4.28. The SMILES string of the molecule is COc1cc(OCc2ccccn2)ccc1/C=C/CCC/C=C/c1ccc2c(ccn2C)c1. The molecule has 4 rings (SSSR count). The van der Waals surface area contributed by atoms with Gasteiger partial charge in [0.1, 0.15) is 18.1 Å². The first-order chi connectivity index (χ1) is 16.2. The summed E-state index contributed by atoms with van der Waals surface area (Å²) in [6, 6.07) is 20.5. The fraction of sp³-hybridized carbons (Fsp3) is 0.207. The summed E-state index contributed by atoms with van der Waals surface area (Å²) >= 11 is 0. The quantitative estimate of drug-likeness (QED) is 0.249. The Balaban J connectivity index is 1.24. The second-order valence-electron chi connectivity index (χ2n) is 7.99. The number of fused-ring (bicyclic) bond motifs is 1. The van der Waals surface area contributed by atoms with Crippen LogP contribution < -0.4 is 9.47 Å². The van der Waals surface area contributed by atoms with E-state index in [1.165, 1.54) is 16.5 Å². The Bertz CT molecular complexity index is 1240. The van der Waals surface area contributed by atoms with Crippen molar-refractivity contribution in [2.75, 3.05) is 7.11 Å². The maximum atomic E-state index is 5.85. The van der Waals surface area contributed by atoms with Crippen LogP contribution in [-0.4, -0.2) is 16.7 Å². The predicted octanol–water partition coefficient (Wildman–Crippen LogP) is 7.06. The van der Waals surface area contributed by atoms with E-state index in [-0.39, 0.29) is 0 Å². The van der Waals surface area contributed by atoms with E-state index in [4.69, 9.17) is 9.47 Å². The number of ether oxygens (including phenoxy) is 2. The first-order valence-electron chi connectivity index (χ1n) is 11.3. The number of pyridine rings is 1. The number of aromatic nitrogens is 2. The van der Waals surface area contributed by atoms with E-state index in [1.807, 2.05) is 36.4 Å². The van der Waals surface area contributed by atoms with Crippen molar-refractivity contribution in [1.82, 2.24) is 9.55 Å². The van der Waals surface area contributed by atoms with Gasteiger partial charge in [-0.05, 0) is 67.3 Å². The lowest BCUT2D eigenvalue weighted by Gasteiger charge is -2.10. The number of hydrogen-bond donors (Lipinski definition) is 0. The third-order valence-electron chi connectivity index (χ3n) is 5.58. The molecule has 0 saturated heterocycles. The third-order valence-corrected chi connectivity index (χ3v) is 5.58. The van der Waals surface area contributed by atoms with Gasteiger partial charge in [0.2, 0.25) is 0 Å². The molecule has 0 aliphatic rings. The standard InChI is InChI=1S/C29H30N2O2/c1-31-19-17-25-20-23(13-16-28(25)31)10-6-4-3-5-7-11-24-14-15-27(21-29(24)32-2)33-22-26-12-8-9-18-30-26/h6-21H,3-5,22H2,1-2H3/b10-6+,11-7+. The van der Waals surface area contributed by atoms with Gasteiger partial charge in [0.15, 0.2) is 0 Å². The minimum absolute atomic E-state index is 0.436. The number of unbranched alkanes of at least 4 members (excludes halogenated alkanes) is 2. The monoisotopic (exact) mass is 438 g/mol. The molecule has 168 valence electrons. The van der Waals surface area contributed by atoms with Crippen molar-refractivity contribution >= 4 is 23.1 Å². The van der Waals surface area contributed by atoms with Gasteiger partial charge in [-0.2, -0.15) is 0 Å². The molecule has 0 amide bonds. The summed E-state index contributed by atoms with van der Waals surface area (Å²) in [5.74, 6) is 1.58. The van der Waals surface area contributed by atoms with Gasteiger partial charge in [-0.1, -0.05) is 36.4 Å². The molecular weight excluding hydrogens is 408 g/mol. The molecule has 0 aliphatic heterocycles. The summed E-state index contributed by atoms with van der Waals surface area (Å²) in [6.07, 6.45) is 15.8. The average Bonchev–Trinajstić information content (AvgIpc) is 3.23. The Hall–Kier alpha value is -3.79. The molecular formula is C29H30N2O2. The molecule has 0 saturated carbocycles. The molecule has 0 spiro atoms. The van der Waals surface area contributed by atoms with Crippen molar-refractivity contribution in [2.24, 2.45) is 7.05 Å². The Morgan fingerprint density at radius 3 is 2.64 bits per heavy atom. The fourth-order valence-corrected chi connectivity index (χ4v) is 3.75. The summed E-state index contributed by atoms with van der Waals surface area (Å²) in [7, 11) is 3.76. The van der Waals surface area contributed by atoms with Crippen molar-refractivity contribution in [2.45, 2.75) is 25.9 Å². The second-order valence-corrected chi connectivity index (χ2v) is 7.99. The van der Waals surface area contributed by atoms with Crippen LogP contribution in [0.25, 0.3) is 23.1 Å². The van der Waals surface area contributed by atoms with Crippen LogP contribution in [-0.2, 0) is 13.7 Å². The van der Waals surface area contributed by atoms with E-state index in [0.29, 0.717) is 6.61 Å². The van der Waals surface area contributed by atoms with Crippen LogP contribution in [0.3, 0.4) is 0 Å². The number of methoxy groups -OCH3 is 1. The molecule has 2 aromatic heterocycles. The zero-order valence-corrected chi connectivity index (χ0v) is 19.3. The highest BCUT2D eigenvalue weighted by Gasteiger charge is 2.04. The Kier molecular flexibility index (Phi) is 7.60. The van der Waals surface area contributed by atoms with Crippen LogP contribution in [0.1, 0.15) is 36.1 Å². The first-order valence-corrected chi connectivity index (χ1v) is 11.3. The summed E-state index contributed by atoms with van der Waals surface area (Å²) in [5.41, 5.74) is 4.46. The lowest BCUT2D eigenvalue weighted by Crippen LogP contribution is -1.98. The largest absolute Gasteiger partial charge is 0.496 e. The van der Waals surface area contributed by atoms with Gasteiger partial charge in [-0.25, -0.2) is 0 Å². The Labute approximate surface area is 195 Å². The van der Waals surface area contributed by atoms with Crippen LogP contribution in [0.4, 0.5) is 0 Å². The smallest absolute Gasteiger partial charge is 0.130 e. The molecule has 0 atom stereocenters. The predicted molar refractivity (Wildman–Crippen MR) is 136 cm³/mol. The third kappa shape index (κ3) is 6.13. The number of allylic oxidation sites excluding steroid dienone is 2. The van der Waals surface area contributed by atoms with Gasteiger partial charge in [0.05, 0.1) is 12.8 Å². The minimum atomic E-state index is 0.436. The Morgan fingerprint density at radius 2 is 1.82 bits per heavy atom. The number of aryl methyl sites for hydroxylation is 1. The van der Waals surface area contributed by atoms with E-state index < -0.39 is 0 Å². The molecule has 0 aliphatic carbocycles. The molecule has 0 N–H and O–H groups in total. The zero-order chi connectivity index (χ0) is 22.9. The van der Waals surface area contributed by atoms with Crippen molar-refractivity contribution < 1.29 is 9.47 Å². The van der Waals surface area contributed by atoms with Crippen LogP contribution in [0.15, 0.2) is 85.2 Å². The molecule has 0 unspecified atom stereocenters. The summed E-state index contributed by atoms with van der Waals surface area (Å²) in [5, 5.41) is 1.28. The molecule has 0 bridgehead atoms. The molecule has 33 heavy (non-hydrogen) atoms. The highest BCUT2D eigenvalue weighted by Crippen LogP contribution is 2.26. The van der Waals surface area contributed by atoms with E-state index in [0.717, 1.165) is 42.0 Å². The minimum Gasteiger partial charge on any atom is -0.496 e. The topological polar surface area (TPSA) is 36.3 Å². The number of hydrogen-bond acceptors (Lipinski definition) is 3. The molecule has 4 nitrogen and oxygen atoms in total. The molecule has 0 fully saturated rings. The molecule has 0 radical (unpaired) electrons. The average molecular weight is 439 g/mol. The number of benzene rings is 2. The van der Waals surface area contributed by atoms with E-state index in [2.05, 4.69) is 71.4 Å². The lowest BCUT2D eigenvalue weighted by atomic mass is 10.1. The van der Waals surface area contributed by atoms with Crippen LogP contribution in [0.5, 0.6) is 11.5 Å². The van der Waals surface area contributed by atoms with Crippen molar-refractivity contribution in [3.8, 4) is 11.5 Å². The maximum absolute atomic E-state index is 5.85. The maximum Gasteiger partial charge on any atom is 0.130 e. The normalized spacial score (nSPS) is 11.6.